The van der Waals surface area contributed by atoms with Crippen LogP contribution < -0.4 is 10.5 Å². The van der Waals surface area contributed by atoms with Gasteiger partial charge in [0.25, 0.3) is 0 Å². The number of hydrogen-bond acceptors (Lipinski definition) is 5. The molecular weight excluding hydrogens is 400 g/mol. The molecule has 3 atom stereocenters. The summed E-state index contributed by atoms with van der Waals surface area (Å²) in [5.74, 6) is -0.430. The first-order valence-corrected chi connectivity index (χ1v) is 10.4. The average molecular weight is 422 g/mol. The zero-order valence-corrected chi connectivity index (χ0v) is 16.8. The van der Waals surface area contributed by atoms with Crippen LogP contribution in [0.5, 0.6) is 0 Å². The predicted octanol–water partition coefficient (Wildman–Crippen LogP) is 1.76. The molecule has 2 bridgehead atoms. The van der Waals surface area contributed by atoms with E-state index in [0.29, 0.717) is 26.2 Å². The van der Waals surface area contributed by atoms with E-state index in [4.69, 9.17) is 0 Å². The minimum absolute atomic E-state index is 0.0285. The monoisotopic (exact) mass is 422 g/mol. The minimum atomic E-state index is -0.647. The van der Waals surface area contributed by atoms with E-state index in [1.807, 2.05) is 35.2 Å². The van der Waals surface area contributed by atoms with Crippen molar-refractivity contribution in [2.45, 2.75) is 25.3 Å². The van der Waals surface area contributed by atoms with E-state index in [1.165, 1.54) is 10.6 Å². The summed E-state index contributed by atoms with van der Waals surface area (Å²) in [7, 11) is 0. The standard InChI is InChI=1S/C22H22N4O5/c27-20-9-16(13-24(20)17-4-2-1-3-5-17)21(28)23-10-14-8-15(12-23)18-6-7-19(26(30)31)22(29)25(18)11-14/h1-7,14-16H,8-13H2. The average Bonchev–Trinajstić information content (AvgIpc) is 3.16. The van der Waals surface area contributed by atoms with Gasteiger partial charge in [-0.2, -0.15) is 0 Å². The highest BCUT2D eigenvalue weighted by atomic mass is 16.6. The van der Waals surface area contributed by atoms with Crippen LogP contribution in [-0.4, -0.2) is 45.8 Å². The number of carbonyl (C=O) groups is 2. The Labute approximate surface area is 178 Å². The predicted molar refractivity (Wildman–Crippen MR) is 112 cm³/mol. The zero-order chi connectivity index (χ0) is 21.7. The van der Waals surface area contributed by atoms with Gasteiger partial charge in [-0.25, -0.2) is 0 Å². The third-order valence-electron chi connectivity index (χ3n) is 6.63. The number of aromatic nitrogens is 1. The summed E-state index contributed by atoms with van der Waals surface area (Å²) in [5, 5.41) is 11.1. The second kappa shape index (κ2) is 7.33. The van der Waals surface area contributed by atoms with Gasteiger partial charge in [-0.1, -0.05) is 18.2 Å². The zero-order valence-electron chi connectivity index (χ0n) is 16.8. The van der Waals surface area contributed by atoms with Crippen LogP contribution in [0.25, 0.3) is 0 Å². The molecule has 0 saturated carbocycles. The third-order valence-corrected chi connectivity index (χ3v) is 6.63. The highest BCUT2D eigenvalue weighted by molar-refractivity contribution is 6.00. The Bertz CT molecular complexity index is 1130. The summed E-state index contributed by atoms with van der Waals surface area (Å²) in [5.41, 5.74) is 0.560. The van der Waals surface area contributed by atoms with Crippen LogP contribution >= 0.6 is 0 Å². The summed E-state index contributed by atoms with van der Waals surface area (Å²) in [6.45, 7) is 1.70. The Hall–Kier alpha value is -3.49. The topological polar surface area (TPSA) is 106 Å². The molecule has 5 rings (SSSR count). The smallest absolute Gasteiger partial charge is 0.334 e. The van der Waals surface area contributed by atoms with Crippen molar-refractivity contribution in [1.29, 1.82) is 0 Å². The molecule has 1 aromatic carbocycles. The van der Waals surface area contributed by atoms with Crippen LogP contribution in [0.2, 0.25) is 0 Å². The molecule has 0 spiro atoms. The minimum Gasteiger partial charge on any atom is -0.341 e. The van der Waals surface area contributed by atoms with Gasteiger partial charge in [-0.15, -0.1) is 0 Å². The fourth-order valence-corrected chi connectivity index (χ4v) is 5.24. The normalized spacial score (nSPS) is 24.8. The summed E-state index contributed by atoms with van der Waals surface area (Å²) in [6.07, 6.45) is 1.04. The molecule has 3 aliphatic rings. The van der Waals surface area contributed by atoms with Gasteiger partial charge in [0.2, 0.25) is 11.8 Å². The molecule has 2 aromatic rings. The van der Waals surface area contributed by atoms with E-state index in [2.05, 4.69) is 0 Å². The molecule has 0 aliphatic carbocycles. The molecule has 1 aromatic heterocycles. The lowest BCUT2D eigenvalue weighted by Crippen LogP contribution is -2.51. The van der Waals surface area contributed by atoms with E-state index in [1.54, 1.807) is 11.0 Å². The van der Waals surface area contributed by atoms with Gasteiger partial charge in [0, 0.05) is 56.0 Å². The van der Waals surface area contributed by atoms with Crippen LogP contribution in [0.1, 0.15) is 24.5 Å². The molecule has 3 aliphatic heterocycles. The molecule has 4 heterocycles. The third kappa shape index (κ3) is 3.30. The van der Waals surface area contributed by atoms with E-state index in [-0.39, 0.29) is 36.0 Å². The lowest BCUT2D eigenvalue weighted by atomic mass is 9.82. The summed E-state index contributed by atoms with van der Waals surface area (Å²) in [6, 6.07) is 12.3. The first-order valence-electron chi connectivity index (χ1n) is 10.4. The van der Waals surface area contributed by atoms with E-state index in [9.17, 15) is 24.5 Å². The van der Waals surface area contributed by atoms with Crippen molar-refractivity contribution in [3.63, 3.8) is 0 Å². The molecule has 2 fully saturated rings. The van der Waals surface area contributed by atoms with Gasteiger partial charge < -0.3 is 14.4 Å². The number of nitrogens with zero attached hydrogens (tertiary/aromatic N) is 4. The number of anilines is 1. The van der Waals surface area contributed by atoms with E-state index < -0.39 is 16.2 Å². The first-order chi connectivity index (χ1) is 14.9. The second-order valence-electron chi connectivity index (χ2n) is 8.60. The number of rotatable bonds is 3. The fourth-order valence-electron chi connectivity index (χ4n) is 5.24. The lowest BCUT2D eigenvalue weighted by molar-refractivity contribution is -0.386. The summed E-state index contributed by atoms with van der Waals surface area (Å²) in [4.78, 5) is 52.2. The molecule has 3 unspecified atom stereocenters. The largest absolute Gasteiger partial charge is 0.341 e. The molecular formula is C22H22N4O5. The quantitative estimate of drug-likeness (QED) is 0.554. The van der Waals surface area contributed by atoms with Gasteiger partial charge in [0.1, 0.15) is 0 Å². The number of fused-ring (bicyclic) bond motifs is 4. The highest BCUT2D eigenvalue weighted by Gasteiger charge is 2.42. The molecule has 9 heteroatoms. The number of para-hydroxylation sites is 1. The second-order valence-corrected chi connectivity index (χ2v) is 8.60. The van der Waals surface area contributed by atoms with Crippen molar-refractivity contribution in [1.82, 2.24) is 9.47 Å². The van der Waals surface area contributed by atoms with Crippen LogP contribution in [0.15, 0.2) is 47.3 Å². The Morgan fingerprint density at radius 3 is 2.52 bits per heavy atom. The van der Waals surface area contributed by atoms with Gasteiger partial charge in [-0.05, 0) is 30.5 Å². The fraction of sp³-hybridized carbons (Fsp3) is 0.409. The first kappa shape index (κ1) is 19.5. The van der Waals surface area contributed by atoms with Gasteiger partial charge >= 0.3 is 11.2 Å². The SMILES string of the molecule is O=C(C1CC(=O)N(c2ccccc2)C1)N1CC2CC(C1)c1ccc([N+](=O)[O-])c(=O)n1C2. The maximum absolute atomic E-state index is 13.3. The molecule has 9 nitrogen and oxygen atoms in total. The lowest BCUT2D eigenvalue weighted by Gasteiger charge is -2.43. The number of pyridine rings is 1. The number of nitro groups is 1. The number of benzene rings is 1. The van der Waals surface area contributed by atoms with Crippen molar-refractivity contribution in [3.8, 4) is 0 Å². The van der Waals surface area contributed by atoms with Crippen molar-refractivity contribution < 1.29 is 14.5 Å². The van der Waals surface area contributed by atoms with E-state index >= 15 is 0 Å². The van der Waals surface area contributed by atoms with Crippen molar-refractivity contribution in [2.75, 3.05) is 24.5 Å². The molecule has 0 radical (unpaired) electrons. The number of likely N-dealkylation sites (tertiary alicyclic amines) is 1. The molecule has 160 valence electrons. The van der Waals surface area contributed by atoms with E-state index in [0.717, 1.165) is 17.8 Å². The van der Waals surface area contributed by atoms with Crippen LogP contribution in [0.3, 0.4) is 0 Å². The molecule has 2 saturated heterocycles. The van der Waals surface area contributed by atoms with Crippen LogP contribution in [-0.2, 0) is 16.1 Å². The molecule has 0 N–H and O–H groups in total. The maximum atomic E-state index is 13.3. The number of piperidine rings is 1. The van der Waals surface area contributed by atoms with Gasteiger partial charge in [-0.3, -0.25) is 24.5 Å². The maximum Gasteiger partial charge on any atom is 0.334 e. The van der Waals surface area contributed by atoms with Crippen molar-refractivity contribution in [3.05, 3.63) is 68.6 Å². The molecule has 2 amide bonds. The highest BCUT2D eigenvalue weighted by Crippen LogP contribution is 2.37. The summed E-state index contributed by atoms with van der Waals surface area (Å²) >= 11 is 0. The van der Waals surface area contributed by atoms with Crippen LogP contribution in [0.4, 0.5) is 11.4 Å². The Morgan fingerprint density at radius 2 is 1.77 bits per heavy atom. The van der Waals surface area contributed by atoms with Crippen LogP contribution in [0, 0.1) is 22.0 Å². The Morgan fingerprint density at radius 1 is 1.00 bits per heavy atom. The number of carbonyl (C=O) groups excluding carboxylic acids is 2. The van der Waals surface area contributed by atoms with Gasteiger partial charge in [0.15, 0.2) is 0 Å². The summed E-state index contributed by atoms with van der Waals surface area (Å²) < 4.78 is 1.51. The number of amides is 2. The van der Waals surface area contributed by atoms with Crippen molar-refractivity contribution >= 4 is 23.2 Å². The number of hydrogen-bond donors (Lipinski definition) is 0. The Balaban J connectivity index is 1.34. The Kier molecular flexibility index (Phi) is 4.60. The van der Waals surface area contributed by atoms with Crippen molar-refractivity contribution in [2.24, 2.45) is 11.8 Å². The van der Waals surface area contributed by atoms with Gasteiger partial charge in [0.05, 0.1) is 10.8 Å². The molecule has 31 heavy (non-hydrogen) atoms.